The molecule has 0 amide bonds. The Morgan fingerprint density at radius 1 is 1.35 bits per heavy atom. The van der Waals surface area contributed by atoms with Gasteiger partial charge in [0.05, 0.1) is 11.2 Å². The van der Waals surface area contributed by atoms with E-state index in [1.165, 1.54) is 6.42 Å². The molecule has 2 aromatic heterocycles. The Bertz CT molecular complexity index is 594. The Morgan fingerprint density at radius 2 is 2.10 bits per heavy atom. The molecule has 20 heavy (non-hydrogen) atoms. The minimum atomic E-state index is -0.424. The van der Waals surface area contributed by atoms with Crippen LogP contribution >= 0.6 is 0 Å². The molecular weight excluding hydrogens is 254 g/mol. The average Bonchev–Trinajstić information content (AvgIpc) is 3.05. The molecule has 0 aliphatic heterocycles. The topological polar surface area (TPSA) is 82.8 Å². The first-order valence-electron chi connectivity index (χ1n) is 7.30. The van der Waals surface area contributed by atoms with Crippen molar-refractivity contribution >= 4 is 0 Å². The van der Waals surface area contributed by atoms with Crippen LogP contribution < -0.4 is 5.73 Å². The van der Waals surface area contributed by atoms with Gasteiger partial charge in [0.15, 0.2) is 5.82 Å². The number of hydrogen-bond acceptors (Lipinski definition) is 5. The summed E-state index contributed by atoms with van der Waals surface area (Å²) in [5.74, 6) is 1.14. The number of rotatable bonds is 3. The minimum Gasteiger partial charge on any atom is -0.332 e. The Morgan fingerprint density at radius 3 is 2.80 bits per heavy atom. The van der Waals surface area contributed by atoms with E-state index in [2.05, 4.69) is 15.2 Å². The van der Waals surface area contributed by atoms with Crippen LogP contribution in [0.3, 0.4) is 0 Å². The molecule has 1 aliphatic carbocycles. The Balaban J connectivity index is 1.93. The van der Waals surface area contributed by atoms with Crippen molar-refractivity contribution in [2.45, 2.75) is 58.0 Å². The van der Waals surface area contributed by atoms with Gasteiger partial charge in [0.2, 0.25) is 0 Å². The number of hydrogen-bond donors (Lipinski definition) is 1. The highest BCUT2D eigenvalue weighted by Gasteiger charge is 2.34. The van der Waals surface area contributed by atoms with Crippen LogP contribution in [0, 0.1) is 6.92 Å². The van der Waals surface area contributed by atoms with Gasteiger partial charge in [0, 0.05) is 6.54 Å². The van der Waals surface area contributed by atoms with Gasteiger partial charge >= 0.3 is 0 Å². The van der Waals surface area contributed by atoms with Crippen LogP contribution in [0.4, 0.5) is 0 Å². The van der Waals surface area contributed by atoms with Crippen molar-refractivity contribution in [3.63, 3.8) is 0 Å². The highest BCUT2D eigenvalue weighted by atomic mass is 16.5. The van der Waals surface area contributed by atoms with Crippen LogP contribution in [0.2, 0.25) is 0 Å². The highest BCUT2D eigenvalue weighted by Crippen LogP contribution is 2.34. The molecule has 6 nitrogen and oxygen atoms in total. The summed E-state index contributed by atoms with van der Waals surface area (Å²) in [4.78, 5) is 4.53. The summed E-state index contributed by atoms with van der Waals surface area (Å²) < 4.78 is 7.29. The largest absolute Gasteiger partial charge is 0.332 e. The molecule has 0 aromatic carbocycles. The molecule has 6 heteroatoms. The minimum absolute atomic E-state index is 0.424. The van der Waals surface area contributed by atoms with Crippen LogP contribution in [0.1, 0.15) is 50.5 Å². The third kappa shape index (κ3) is 2.24. The SMILES string of the molecule is CCn1nc(C)cc1-c1nc(C2(N)CCCCC2)no1. The third-order valence-corrected chi connectivity index (χ3v) is 4.04. The first-order chi connectivity index (χ1) is 9.62. The molecule has 1 saturated carbocycles. The fourth-order valence-electron chi connectivity index (χ4n) is 2.89. The summed E-state index contributed by atoms with van der Waals surface area (Å²) >= 11 is 0. The summed E-state index contributed by atoms with van der Waals surface area (Å²) in [7, 11) is 0. The van der Waals surface area contributed by atoms with E-state index in [0.29, 0.717) is 11.7 Å². The summed E-state index contributed by atoms with van der Waals surface area (Å²) in [6, 6.07) is 1.96. The Labute approximate surface area is 118 Å². The summed E-state index contributed by atoms with van der Waals surface area (Å²) in [5.41, 5.74) is 7.83. The first-order valence-corrected chi connectivity index (χ1v) is 7.30. The van der Waals surface area contributed by atoms with Gasteiger partial charge in [-0.05, 0) is 32.8 Å². The van der Waals surface area contributed by atoms with E-state index in [0.717, 1.165) is 43.6 Å². The number of aryl methyl sites for hydroxylation is 2. The van der Waals surface area contributed by atoms with Crippen molar-refractivity contribution in [3.8, 4) is 11.6 Å². The molecule has 108 valence electrons. The first kappa shape index (κ1) is 13.3. The predicted molar refractivity (Wildman–Crippen MR) is 74.9 cm³/mol. The molecule has 1 aliphatic rings. The molecule has 0 saturated heterocycles. The maximum atomic E-state index is 6.44. The second-order valence-corrected chi connectivity index (χ2v) is 5.63. The molecule has 2 heterocycles. The van der Waals surface area contributed by atoms with Crippen LogP contribution in [-0.4, -0.2) is 19.9 Å². The van der Waals surface area contributed by atoms with Gasteiger partial charge in [-0.25, -0.2) is 0 Å². The smallest absolute Gasteiger partial charge is 0.276 e. The van der Waals surface area contributed by atoms with E-state index in [4.69, 9.17) is 10.3 Å². The summed E-state index contributed by atoms with van der Waals surface area (Å²) in [6.45, 7) is 4.77. The Hall–Kier alpha value is -1.69. The maximum Gasteiger partial charge on any atom is 0.276 e. The monoisotopic (exact) mass is 275 g/mol. The standard InChI is InChI=1S/C14H21N5O/c1-3-19-11(9-10(2)17-19)12-16-13(18-20-12)14(15)7-5-4-6-8-14/h9H,3-8,15H2,1-2H3. The predicted octanol–water partition coefficient (Wildman–Crippen LogP) is 2.38. The number of nitrogens with zero attached hydrogens (tertiary/aromatic N) is 4. The molecule has 2 aromatic rings. The summed E-state index contributed by atoms with van der Waals surface area (Å²) in [6.07, 6.45) is 5.36. The van der Waals surface area contributed by atoms with Gasteiger partial charge in [-0.3, -0.25) is 4.68 Å². The van der Waals surface area contributed by atoms with Gasteiger partial charge in [-0.15, -0.1) is 0 Å². The molecular formula is C14H21N5O. The Kier molecular flexibility index (Phi) is 3.33. The lowest BCUT2D eigenvalue weighted by Crippen LogP contribution is -2.39. The lowest BCUT2D eigenvalue weighted by molar-refractivity contribution is 0.275. The van der Waals surface area contributed by atoms with Gasteiger partial charge in [-0.1, -0.05) is 24.4 Å². The third-order valence-electron chi connectivity index (χ3n) is 4.04. The molecule has 0 spiro atoms. The highest BCUT2D eigenvalue weighted by molar-refractivity contribution is 5.48. The van der Waals surface area contributed by atoms with E-state index in [1.807, 2.05) is 24.6 Å². The van der Waals surface area contributed by atoms with Crippen LogP contribution in [0.5, 0.6) is 0 Å². The van der Waals surface area contributed by atoms with Crippen molar-refractivity contribution in [2.24, 2.45) is 5.73 Å². The average molecular weight is 275 g/mol. The van der Waals surface area contributed by atoms with Gasteiger partial charge < -0.3 is 10.3 Å². The molecule has 2 N–H and O–H groups in total. The van der Waals surface area contributed by atoms with Crippen LogP contribution in [0.15, 0.2) is 10.6 Å². The van der Waals surface area contributed by atoms with Crippen molar-refractivity contribution in [3.05, 3.63) is 17.6 Å². The second-order valence-electron chi connectivity index (χ2n) is 5.63. The molecule has 0 unspecified atom stereocenters. The van der Waals surface area contributed by atoms with Crippen molar-refractivity contribution < 1.29 is 4.52 Å². The lowest BCUT2D eigenvalue weighted by atomic mass is 9.82. The van der Waals surface area contributed by atoms with Gasteiger partial charge in [-0.2, -0.15) is 10.1 Å². The zero-order valence-corrected chi connectivity index (χ0v) is 12.1. The molecule has 1 fully saturated rings. The fourth-order valence-corrected chi connectivity index (χ4v) is 2.89. The van der Waals surface area contributed by atoms with E-state index in [1.54, 1.807) is 0 Å². The summed E-state index contributed by atoms with van der Waals surface area (Å²) in [5, 5.41) is 8.52. The van der Waals surface area contributed by atoms with E-state index in [-0.39, 0.29) is 0 Å². The van der Waals surface area contributed by atoms with Crippen molar-refractivity contribution in [1.82, 2.24) is 19.9 Å². The van der Waals surface area contributed by atoms with E-state index in [9.17, 15) is 0 Å². The molecule has 3 rings (SSSR count). The number of aromatic nitrogens is 4. The zero-order valence-electron chi connectivity index (χ0n) is 12.1. The molecule has 0 atom stereocenters. The molecule has 0 radical (unpaired) electrons. The molecule has 0 bridgehead atoms. The van der Waals surface area contributed by atoms with E-state index < -0.39 is 5.54 Å². The van der Waals surface area contributed by atoms with Crippen LogP contribution in [0.25, 0.3) is 11.6 Å². The van der Waals surface area contributed by atoms with Gasteiger partial charge in [0.1, 0.15) is 5.69 Å². The van der Waals surface area contributed by atoms with Crippen LogP contribution in [-0.2, 0) is 12.1 Å². The second kappa shape index (κ2) is 5.01. The van der Waals surface area contributed by atoms with Gasteiger partial charge in [0.25, 0.3) is 5.89 Å². The van der Waals surface area contributed by atoms with Crippen molar-refractivity contribution in [2.75, 3.05) is 0 Å². The van der Waals surface area contributed by atoms with E-state index >= 15 is 0 Å². The van der Waals surface area contributed by atoms with Crippen molar-refractivity contribution in [1.29, 1.82) is 0 Å². The fraction of sp³-hybridized carbons (Fsp3) is 0.643. The normalized spacial score (nSPS) is 18.4. The zero-order chi connectivity index (χ0) is 14.2. The number of nitrogens with two attached hydrogens (primary N) is 1. The maximum absolute atomic E-state index is 6.44. The lowest BCUT2D eigenvalue weighted by Gasteiger charge is -2.29. The quantitative estimate of drug-likeness (QED) is 0.929.